The van der Waals surface area contributed by atoms with Crippen molar-refractivity contribution < 1.29 is 27.8 Å². The summed E-state index contributed by atoms with van der Waals surface area (Å²) < 4.78 is 44.6. The number of amides is 1. The molecule has 0 aliphatic carbocycles. The van der Waals surface area contributed by atoms with Crippen LogP contribution in [-0.2, 0) is 4.74 Å². The number of anilines is 2. The van der Waals surface area contributed by atoms with Crippen molar-refractivity contribution in [3.05, 3.63) is 35.9 Å². The smallest absolute Gasteiger partial charge is 0.414 e. The molecule has 1 saturated heterocycles. The molecule has 0 saturated carbocycles. The van der Waals surface area contributed by atoms with Crippen LogP contribution in [0, 0.1) is 12.7 Å². The summed E-state index contributed by atoms with van der Waals surface area (Å²) in [5, 5.41) is 6.50. The molecule has 1 aromatic carbocycles. The molecule has 2 atom stereocenters. The number of benzene rings is 1. The molecular formula is C22H21F2N5O4. The summed E-state index contributed by atoms with van der Waals surface area (Å²) >= 11 is 0. The minimum absolute atomic E-state index is 0.0402. The van der Waals surface area contributed by atoms with Crippen LogP contribution in [0.15, 0.2) is 24.5 Å². The van der Waals surface area contributed by atoms with Crippen LogP contribution in [0.5, 0.6) is 11.8 Å². The van der Waals surface area contributed by atoms with E-state index in [1.54, 1.807) is 6.07 Å². The highest BCUT2D eigenvalue weighted by Gasteiger charge is 2.30. The first-order valence-electron chi connectivity index (χ1n) is 10.4. The average Bonchev–Trinajstić information content (AvgIpc) is 3.21. The van der Waals surface area contributed by atoms with Gasteiger partial charge in [0.25, 0.3) is 0 Å². The fourth-order valence-electron chi connectivity index (χ4n) is 3.96. The molecule has 9 nitrogen and oxygen atoms in total. The summed E-state index contributed by atoms with van der Waals surface area (Å²) in [7, 11) is 0. The number of aromatic nitrogens is 2. The first-order valence-corrected chi connectivity index (χ1v) is 10.4. The van der Waals surface area contributed by atoms with Crippen molar-refractivity contribution in [1.29, 1.82) is 0 Å². The van der Waals surface area contributed by atoms with Gasteiger partial charge in [-0.25, -0.2) is 23.5 Å². The Balaban J connectivity index is 1.48. The van der Waals surface area contributed by atoms with Gasteiger partial charge in [-0.3, -0.25) is 0 Å². The summed E-state index contributed by atoms with van der Waals surface area (Å²) in [6.07, 6.45) is 0.690. The molecule has 0 bridgehead atoms. The minimum atomic E-state index is -1.30. The first-order chi connectivity index (χ1) is 15.9. The van der Waals surface area contributed by atoms with Crippen LogP contribution < -0.4 is 25.8 Å². The normalized spacial score (nSPS) is 19.5. The Morgan fingerprint density at radius 1 is 1.27 bits per heavy atom. The molecule has 1 fully saturated rings. The Hall–Kier alpha value is -3.73. The van der Waals surface area contributed by atoms with E-state index in [-0.39, 0.29) is 30.3 Å². The van der Waals surface area contributed by atoms with E-state index in [0.29, 0.717) is 41.1 Å². The van der Waals surface area contributed by atoms with Crippen LogP contribution in [0.3, 0.4) is 0 Å². The number of carbonyl (C=O) groups excluding carboxylic acids is 1. The fourth-order valence-corrected chi connectivity index (χ4v) is 3.96. The number of halogens is 2. The highest BCUT2D eigenvalue weighted by atomic mass is 19.1. The Morgan fingerprint density at radius 3 is 2.91 bits per heavy atom. The van der Waals surface area contributed by atoms with E-state index in [2.05, 4.69) is 20.6 Å². The third-order valence-corrected chi connectivity index (χ3v) is 5.72. The standard InChI is InChI=1S/C22H21F2N5O4/c1-10-13(6-28-21-20(10)26-2-3-32-21)12-4-11-5-17(27-7-14(11)19(25)18(12)24)33-22(30)29-16-9-31-8-15(16)23/h4-7,15-16,26H,2-3,8-9,25H2,1H3,(H,29,30). The zero-order valence-corrected chi connectivity index (χ0v) is 17.7. The van der Waals surface area contributed by atoms with Crippen molar-refractivity contribution in [2.75, 3.05) is 37.4 Å². The lowest BCUT2D eigenvalue weighted by Gasteiger charge is -2.22. The summed E-state index contributed by atoms with van der Waals surface area (Å²) in [5.41, 5.74) is 8.24. The maximum absolute atomic E-state index is 15.2. The number of ether oxygens (including phenoxy) is 3. The lowest BCUT2D eigenvalue weighted by atomic mass is 9.97. The van der Waals surface area contributed by atoms with Gasteiger partial charge in [0.2, 0.25) is 11.8 Å². The van der Waals surface area contributed by atoms with Crippen molar-refractivity contribution in [1.82, 2.24) is 15.3 Å². The molecule has 0 spiro atoms. The maximum atomic E-state index is 15.2. The zero-order valence-electron chi connectivity index (χ0n) is 17.7. The van der Waals surface area contributed by atoms with Gasteiger partial charge in [-0.1, -0.05) is 0 Å². The highest BCUT2D eigenvalue weighted by Crippen LogP contribution is 2.39. The van der Waals surface area contributed by atoms with Crippen LogP contribution in [-0.4, -0.2) is 54.6 Å². The van der Waals surface area contributed by atoms with Gasteiger partial charge in [0.05, 0.1) is 24.9 Å². The number of fused-ring (bicyclic) bond motifs is 2. The van der Waals surface area contributed by atoms with Crippen molar-refractivity contribution >= 4 is 28.2 Å². The molecule has 11 heteroatoms. The molecule has 33 heavy (non-hydrogen) atoms. The Bertz CT molecular complexity index is 1260. The largest absolute Gasteiger partial charge is 0.474 e. The number of carbonyl (C=O) groups is 1. The number of nitrogens with one attached hydrogen (secondary N) is 2. The van der Waals surface area contributed by atoms with Gasteiger partial charge in [0.15, 0.2) is 5.82 Å². The van der Waals surface area contributed by atoms with Crippen molar-refractivity contribution in [3.63, 3.8) is 0 Å². The van der Waals surface area contributed by atoms with E-state index in [0.717, 1.165) is 5.56 Å². The summed E-state index contributed by atoms with van der Waals surface area (Å²) in [4.78, 5) is 20.5. The van der Waals surface area contributed by atoms with Gasteiger partial charge < -0.3 is 30.6 Å². The van der Waals surface area contributed by atoms with Gasteiger partial charge in [-0.05, 0) is 23.9 Å². The van der Waals surface area contributed by atoms with Crippen LogP contribution in [0.1, 0.15) is 5.56 Å². The summed E-state index contributed by atoms with van der Waals surface area (Å²) in [6, 6.07) is 2.27. The van der Waals surface area contributed by atoms with E-state index in [9.17, 15) is 9.18 Å². The molecule has 4 N–H and O–H groups in total. The number of alkyl halides is 1. The molecule has 172 valence electrons. The predicted molar refractivity (Wildman–Crippen MR) is 117 cm³/mol. The number of hydrogen-bond acceptors (Lipinski definition) is 8. The van der Waals surface area contributed by atoms with Crippen LogP contribution >= 0.6 is 0 Å². The molecule has 2 aromatic heterocycles. The van der Waals surface area contributed by atoms with Gasteiger partial charge in [-0.2, -0.15) is 0 Å². The second kappa shape index (κ2) is 8.32. The van der Waals surface area contributed by atoms with Crippen LogP contribution in [0.25, 0.3) is 21.9 Å². The van der Waals surface area contributed by atoms with Gasteiger partial charge in [-0.15, -0.1) is 0 Å². The topological polar surface area (TPSA) is 121 Å². The second-order valence-electron chi connectivity index (χ2n) is 7.84. The van der Waals surface area contributed by atoms with Gasteiger partial charge in [0.1, 0.15) is 18.5 Å². The second-order valence-corrected chi connectivity index (χ2v) is 7.84. The van der Waals surface area contributed by atoms with Crippen LogP contribution in [0.4, 0.5) is 25.0 Å². The molecule has 4 heterocycles. The number of hydrogen-bond donors (Lipinski definition) is 3. The average molecular weight is 457 g/mol. The third kappa shape index (κ3) is 3.84. The lowest BCUT2D eigenvalue weighted by Crippen LogP contribution is -2.42. The summed E-state index contributed by atoms with van der Waals surface area (Å²) in [5.74, 6) is -0.181. The summed E-state index contributed by atoms with van der Waals surface area (Å²) in [6.45, 7) is 2.94. The van der Waals surface area contributed by atoms with E-state index in [4.69, 9.17) is 19.9 Å². The molecule has 5 rings (SSSR count). The van der Waals surface area contributed by atoms with E-state index in [1.807, 2.05) is 6.92 Å². The molecular weight excluding hydrogens is 436 g/mol. The molecule has 1 amide bonds. The monoisotopic (exact) mass is 457 g/mol. The van der Waals surface area contributed by atoms with Crippen molar-refractivity contribution in [3.8, 4) is 22.9 Å². The first kappa shape index (κ1) is 21.1. The number of nitrogens with two attached hydrogens (primary N) is 1. The number of nitrogen functional groups attached to an aromatic ring is 1. The highest BCUT2D eigenvalue weighted by molar-refractivity contribution is 5.98. The quantitative estimate of drug-likeness (QED) is 0.514. The number of pyridine rings is 2. The van der Waals surface area contributed by atoms with E-state index < -0.39 is 24.1 Å². The third-order valence-electron chi connectivity index (χ3n) is 5.72. The molecule has 2 unspecified atom stereocenters. The molecule has 3 aromatic rings. The number of rotatable bonds is 3. The molecule has 2 aliphatic rings. The zero-order chi connectivity index (χ0) is 23.1. The lowest BCUT2D eigenvalue weighted by molar-refractivity contribution is 0.171. The Labute approximate surface area is 187 Å². The maximum Gasteiger partial charge on any atom is 0.414 e. The van der Waals surface area contributed by atoms with Crippen LogP contribution in [0.2, 0.25) is 0 Å². The Morgan fingerprint density at radius 2 is 2.12 bits per heavy atom. The number of nitrogens with zero attached hydrogens (tertiary/aromatic N) is 2. The molecule has 2 aliphatic heterocycles. The predicted octanol–water partition coefficient (Wildman–Crippen LogP) is 2.96. The Kier molecular flexibility index (Phi) is 5.33. The van der Waals surface area contributed by atoms with Gasteiger partial charge in [0, 0.05) is 41.5 Å². The van der Waals surface area contributed by atoms with Crippen molar-refractivity contribution in [2.45, 2.75) is 19.1 Å². The SMILES string of the molecule is Cc1c(-c2cc3cc(OC(=O)NC4COCC4F)ncc3c(N)c2F)cnc2c1NCCO2. The minimum Gasteiger partial charge on any atom is -0.474 e. The van der Waals surface area contributed by atoms with Gasteiger partial charge >= 0.3 is 6.09 Å². The van der Waals surface area contributed by atoms with Crippen molar-refractivity contribution in [2.24, 2.45) is 0 Å². The molecule has 0 radical (unpaired) electrons. The van der Waals surface area contributed by atoms with E-state index in [1.165, 1.54) is 18.5 Å². The fraction of sp³-hybridized carbons (Fsp3) is 0.318. The van der Waals surface area contributed by atoms with E-state index >= 15 is 4.39 Å².